The fraction of sp³-hybridized carbons (Fsp3) is 0.429. The second kappa shape index (κ2) is 4.49. The highest BCUT2D eigenvalue weighted by Gasteiger charge is 1.95. The van der Waals surface area contributed by atoms with Crippen LogP contribution >= 0.6 is 0 Å². The molecule has 0 unspecified atom stereocenters. The summed E-state index contributed by atoms with van der Waals surface area (Å²) >= 11 is 0. The lowest BCUT2D eigenvalue weighted by atomic mass is 10.3. The van der Waals surface area contributed by atoms with Gasteiger partial charge in [-0.3, -0.25) is 4.99 Å². The zero-order valence-corrected chi connectivity index (χ0v) is 6.96. The van der Waals surface area contributed by atoms with Gasteiger partial charge in [-0.15, -0.1) is 0 Å². The fourth-order valence-electron chi connectivity index (χ4n) is 0.628. The third-order valence-electron chi connectivity index (χ3n) is 1.12. The molecular weight excluding hydrogens is 140 g/mol. The lowest BCUT2D eigenvalue weighted by Crippen LogP contribution is -2.09. The van der Waals surface area contributed by atoms with Gasteiger partial charge in [-0.2, -0.15) is 0 Å². The van der Waals surface area contributed by atoms with E-state index in [1.807, 2.05) is 6.92 Å². The standard InChI is InChI=1S/C7H14N4/c1-4-6(10-3)7(9)11-5(2)8/h3-4,9H2,1-2H3,(H2,8,11)/b7-6-. The topological polar surface area (TPSA) is 76.8 Å². The number of amidine groups is 1. The van der Waals surface area contributed by atoms with Gasteiger partial charge in [0, 0.05) is 0 Å². The highest BCUT2D eigenvalue weighted by molar-refractivity contribution is 5.78. The van der Waals surface area contributed by atoms with Crippen molar-refractivity contribution in [3.63, 3.8) is 0 Å². The zero-order chi connectivity index (χ0) is 8.85. The molecule has 0 amide bonds. The molecule has 0 heterocycles. The Morgan fingerprint density at radius 1 is 1.45 bits per heavy atom. The molecule has 4 heteroatoms. The molecule has 0 aliphatic rings. The smallest absolute Gasteiger partial charge is 0.147 e. The molecular formula is C7H14N4. The monoisotopic (exact) mass is 154 g/mol. The van der Waals surface area contributed by atoms with Gasteiger partial charge in [-0.05, 0) is 20.1 Å². The van der Waals surface area contributed by atoms with E-state index in [2.05, 4.69) is 16.7 Å². The van der Waals surface area contributed by atoms with Crippen molar-refractivity contribution in [1.29, 1.82) is 0 Å². The molecule has 62 valence electrons. The molecule has 0 fully saturated rings. The Morgan fingerprint density at radius 3 is 2.27 bits per heavy atom. The van der Waals surface area contributed by atoms with Gasteiger partial charge in [-0.1, -0.05) is 6.92 Å². The molecule has 0 aliphatic heterocycles. The van der Waals surface area contributed by atoms with Crippen molar-refractivity contribution in [1.82, 2.24) is 0 Å². The molecule has 4 nitrogen and oxygen atoms in total. The second-order valence-corrected chi connectivity index (χ2v) is 2.10. The minimum atomic E-state index is 0.350. The highest BCUT2D eigenvalue weighted by atomic mass is 15.0. The molecule has 0 rings (SSSR count). The summed E-state index contributed by atoms with van der Waals surface area (Å²) in [4.78, 5) is 7.54. The molecule has 0 radical (unpaired) electrons. The summed E-state index contributed by atoms with van der Waals surface area (Å²) in [5, 5.41) is 0. The first kappa shape index (κ1) is 9.68. The summed E-state index contributed by atoms with van der Waals surface area (Å²) in [5.41, 5.74) is 11.5. The van der Waals surface area contributed by atoms with Crippen LogP contribution in [0.1, 0.15) is 20.3 Å². The van der Waals surface area contributed by atoms with E-state index in [9.17, 15) is 0 Å². The molecule has 0 saturated carbocycles. The molecule has 0 aromatic rings. The van der Waals surface area contributed by atoms with Crippen molar-refractivity contribution in [2.45, 2.75) is 20.3 Å². The first-order chi connectivity index (χ1) is 5.11. The van der Waals surface area contributed by atoms with Crippen molar-refractivity contribution in [3.05, 3.63) is 11.5 Å². The number of rotatable bonds is 3. The van der Waals surface area contributed by atoms with Crippen LogP contribution in [-0.2, 0) is 0 Å². The Bertz CT molecular complexity index is 198. The highest BCUT2D eigenvalue weighted by Crippen LogP contribution is 2.05. The molecule has 0 aliphatic carbocycles. The van der Waals surface area contributed by atoms with Crippen LogP contribution in [0.2, 0.25) is 0 Å². The van der Waals surface area contributed by atoms with Crippen molar-refractivity contribution < 1.29 is 0 Å². The molecule has 0 aromatic heterocycles. The Balaban J connectivity index is 4.62. The maximum Gasteiger partial charge on any atom is 0.147 e. The lowest BCUT2D eigenvalue weighted by molar-refractivity contribution is 1.00. The summed E-state index contributed by atoms with van der Waals surface area (Å²) in [6.07, 6.45) is 0.714. The third-order valence-corrected chi connectivity index (χ3v) is 1.12. The number of aliphatic imine (C=N–C) groups is 2. The predicted molar refractivity (Wildman–Crippen MR) is 48.3 cm³/mol. The number of hydrogen-bond donors (Lipinski definition) is 2. The Labute approximate surface area is 66.7 Å². The van der Waals surface area contributed by atoms with E-state index in [0.29, 0.717) is 23.8 Å². The van der Waals surface area contributed by atoms with Crippen LogP contribution in [0.3, 0.4) is 0 Å². The van der Waals surface area contributed by atoms with E-state index < -0.39 is 0 Å². The minimum Gasteiger partial charge on any atom is -0.387 e. The molecule has 0 spiro atoms. The Kier molecular flexibility index (Phi) is 3.95. The van der Waals surface area contributed by atoms with Gasteiger partial charge < -0.3 is 11.5 Å². The average molecular weight is 154 g/mol. The fourth-order valence-corrected chi connectivity index (χ4v) is 0.628. The number of allylic oxidation sites excluding steroid dienone is 1. The van der Waals surface area contributed by atoms with Crippen molar-refractivity contribution >= 4 is 12.6 Å². The summed E-state index contributed by atoms with van der Waals surface area (Å²) < 4.78 is 0. The number of nitrogens with two attached hydrogens (primary N) is 2. The SMILES string of the molecule is C=N/C(CC)=C(N)\N=C(/C)N. The number of hydrogen-bond acceptors (Lipinski definition) is 3. The predicted octanol–water partition coefficient (Wildman–Crippen LogP) is 0.602. The minimum absolute atomic E-state index is 0.350. The van der Waals surface area contributed by atoms with Crippen molar-refractivity contribution in [2.24, 2.45) is 21.5 Å². The van der Waals surface area contributed by atoms with Crippen LogP contribution in [-0.4, -0.2) is 12.6 Å². The Hall–Kier alpha value is -1.32. The van der Waals surface area contributed by atoms with Gasteiger partial charge in [0.2, 0.25) is 0 Å². The third kappa shape index (κ3) is 3.40. The van der Waals surface area contributed by atoms with Crippen LogP contribution in [0.15, 0.2) is 21.5 Å². The van der Waals surface area contributed by atoms with Crippen molar-refractivity contribution in [3.8, 4) is 0 Å². The van der Waals surface area contributed by atoms with E-state index in [1.54, 1.807) is 6.92 Å². The summed E-state index contributed by atoms with van der Waals surface area (Å²) in [6, 6.07) is 0. The van der Waals surface area contributed by atoms with Crippen molar-refractivity contribution in [2.75, 3.05) is 0 Å². The molecule has 0 atom stereocenters. The second-order valence-electron chi connectivity index (χ2n) is 2.10. The summed E-state index contributed by atoms with van der Waals surface area (Å²) in [6.45, 7) is 6.96. The van der Waals surface area contributed by atoms with Gasteiger partial charge in [-0.25, -0.2) is 4.99 Å². The number of nitrogens with zero attached hydrogens (tertiary/aromatic N) is 2. The van der Waals surface area contributed by atoms with Crippen LogP contribution in [0.4, 0.5) is 0 Å². The zero-order valence-electron chi connectivity index (χ0n) is 6.96. The maximum absolute atomic E-state index is 5.52. The van der Waals surface area contributed by atoms with Gasteiger partial charge in [0.25, 0.3) is 0 Å². The molecule has 11 heavy (non-hydrogen) atoms. The van der Waals surface area contributed by atoms with Gasteiger partial charge >= 0.3 is 0 Å². The van der Waals surface area contributed by atoms with E-state index in [-0.39, 0.29) is 0 Å². The van der Waals surface area contributed by atoms with Crippen LogP contribution < -0.4 is 11.5 Å². The van der Waals surface area contributed by atoms with E-state index in [4.69, 9.17) is 11.5 Å². The van der Waals surface area contributed by atoms with E-state index >= 15 is 0 Å². The van der Waals surface area contributed by atoms with Gasteiger partial charge in [0.1, 0.15) is 5.82 Å². The summed E-state index contributed by atoms with van der Waals surface area (Å²) in [7, 11) is 0. The first-order valence-corrected chi connectivity index (χ1v) is 3.38. The largest absolute Gasteiger partial charge is 0.387 e. The maximum atomic E-state index is 5.52. The Morgan fingerprint density at radius 2 is 2.00 bits per heavy atom. The van der Waals surface area contributed by atoms with Gasteiger partial charge in [0.05, 0.1) is 11.5 Å². The molecule has 0 saturated heterocycles. The lowest BCUT2D eigenvalue weighted by Gasteiger charge is -1.99. The average Bonchev–Trinajstić information content (AvgIpc) is 1.88. The van der Waals surface area contributed by atoms with E-state index in [1.165, 1.54) is 0 Å². The quantitative estimate of drug-likeness (QED) is 0.461. The molecule has 0 bridgehead atoms. The first-order valence-electron chi connectivity index (χ1n) is 3.38. The summed E-state index contributed by atoms with van der Waals surface area (Å²) in [5.74, 6) is 0.777. The van der Waals surface area contributed by atoms with Crippen LogP contribution in [0.25, 0.3) is 0 Å². The normalized spacial score (nSPS) is 14.2. The molecule has 0 aromatic carbocycles. The van der Waals surface area contributed by atoms with E-state index in [0.717, 1.165) is 0 Å². The molecule has 4 N–H and O–H groups in total. The van der Waals surface area contributed by atoms with Gasteiger partial charge in [0.15, 0.2) is 0 Å². The van der Waals surface area contributed by atoms with Crippen LogP contribution in [0, 0.1) is 0 Å². The van der Waals surface area contributed by atoms with Crippen LogP contribution in [0.5, 0.6) is 0 Å².